The van der Waals surface area contributed by atoms with Gasteiger partial charge >= 0.3 is 11.8 Å². The molecule has 3 aromatic rings. The first kappa shape index (κ1) is 18.5. The maximum absolute atomic E-state index is 12.0. The topological polar surface area (TPSA) is 83.2 Å². The first-order valence-electron chi connectivity index (χ1n) is 8.94. The zero-order valence-electron chi connectivity index (χ0n) is 15.4. The van der Waals surface area contributed by atoms with Gasteiger partial charge in [-0.15, -0.1) is 0 Å². The van der Waals surface area contributed by atoms with Gasteiger partial charge in [0.05, 0.1) is 6.10 Å². The molecule has 3 rings (SSSR count). The average molecular weight is 365 g/mol. The molecule has 0 spiro atoms. The number of aromatic amines is 1. The molecule has 0 aliphatic rings. The zero-order chi connectivity index (χ0) is 19.2. The van der Waals surface area contributed by atoms with Gasteiger partial charge in [-0.3, -0.25) is 9.59 Å². The van der Waals surface area contributed by atoms with E-state index in [1.165, 1.54) is 0 Å². The van der Waals surface area contributed by atoms with Gasteiger partial charge in [-0.25, -0.2) is 0 Å². The SMILES string of the molecule is CC(C)Oc1ccc(NC(=O)C(=O)NCCc2c[nH]c3ccccc23)cc1. The fourth-order valence-electron chi connectivity index (χ4n) is 2.81. The number of para-hydroxylation sites is 1. The van der Waals surface area contributed by atoms with Crippen molar-refractivity contribution < 1.29 is 14.3 Å². The van der Waals surface area contributed by atoms with E-state index in [9.17, 15) is 9.59 Å². The number of H-pyrrole nitrogens is 1. The van der Waals surface area contributed by atoms with Crippen molar-refractivity contribution in [3.8, 4) is 5.75 Å². The lowest BCUT2D eigenvalue weighted by Gasteiger charge is -2.10. The molecular formula is C21H23N3O3. The van der Waals surface area contributed by atoms with Gasteiger partial charge in [0.2, 0.25) is 0 Å². The molecule has 6 heteroatoms. The van der Waals surface area contributed by atoms with E-state index in [-0.39, 0.29) is 6.10 Å². The Morgan fingerprint density at radius 1 is 1.04 bits per heavy atom. The van der Waals surface area contributed by atoms with E-state index in [0.29, 0.717) is 24.4 Å². The molecule has 0 fully saturated rings. The van der Waals surface area contributed by atoms with Gasteiger partial charge in [-0.2, -0.15) is 0 Å². The largest absolute Gasteiger partial charge is 0.491 e. The molecule has 0 unspecified atom stereocenters. The summed E-state index contributed by atoms with van der Waals surface area (Å²) in [5.41, 5.74) is 2.70. The molecule has 27 heavy (non-hydrogen) atoms. The van der Waals surface area contributed by atoms with Gasteiger partial charge < -0.3 is 20.4 Å². The number of rotatable bonds is 6. The Morgan fingerprint density at radius 3 is 2.52 bits per heavy atom. The summed E-state index contributed by atoms with van der Waals surface area (Å²) >= 11 is 0. The predicted octanol–water partition coefficient (Wildman–Crippen LogP) is 3.25. The van der Waals surface area contributed by atoms with Gasteiger partial charge in [0.1, 0.15) is 5.75 Å². The maximum atomic E-state index is 12.0. The number of amides is 2. The predicted molar refractivity (Wildman–Crippen MR) is 106 cm³/mol. The van der Waals surface area contributed by atoms with Crippen molar-refractivity contribution >= 4 is 28.4 Å². The number of ether oxygens (including phenoxy) is 1. The van der Waals surface area contributed by atoms with E-state index in [1.807, 2.05) is 44.3 Å². The Morgan fingerprint density at radius 2 is 1.78 bits per heavy atom. The van der Waals surface area contributed by atoms with Crippen LogP contribution in [0.25, 0.3) is 10.9 Å². The van der Waals surface area contributed by atoms with Crippen LogP contribution in [0.1, 0.15) is 19.4 Å². The van der Waals surface area contributed by atoms with E-state index in [1.54, 1.807) is 24.3 Å². The minimum absolute atomic E-state index is 0.0772. The van der Waals surface area contributed by atoms with Crippen molar-refractivity contribution in [2.45, 2.75) is 26.4 Å². The molecule has 0 aliphatic carbocycles. The van der Waals surface area contributed by atoms with Crippen molar-refractivity contribution in [2.75, 3.05) is 11.9 Å². The summed E-state index contributed by atoms with van der Waals surface area (Å²) in [7, 11) is 0. The van der Waals surface area contributed by atoms with Crippen LogP contribution >= 0.6 is 0 Å². The quantitative estimate of drug-likeness (QED) is 0.586. The van der Waals surface area contributed by atoms with Gasteiger partial charge in [-0.05, 0) is 56.2 Å². The number of aromatic nitrogens is 1. The van der Waals surface area contributed by atoms with Crippen LogP contribution < -0.4 is 15.4 Å². The molecule has 0 saturated carbocycles. The number of carbonyl (C=O) groups excluding carboxylic acids is 2. The summed E-state index contributed by atoms with van der Waals surface area (Å²) in [5.74, 6) is -0.630. The second kappa shape index (κ2) is 8.40. The van der Waals surface area contributed by atoms with Gasteiger partial charge in [0.15, 0.2) is 0 Å². The molecule has 2 amide bonds. The van der Waals surface area contributed by atoms with Crippen LogP contribution in [0.3, 0.4) is 0 Å². The Labute approximate surface area is 157 Å². The third kappa shape index (κ3) is 4.88. The minimum Gasteiger partial charge on any atom is -0.491 e. The van der Waals surface area contributed by atoms with Gasteiger partial charge in [-0.1, -0.05) is 18.2 Å². The van der Waals surface area contributed by atoms with Crippen molar-refractivity contribution in [3.05, 3.63) is 60.3 Å². The summed E-state index contributed by atoms with van der Waals surface area (Å²) in [4.78, 5) is 27.2. The first-order chi connectivity index (χ1) is 13.0. The number of hydrogen-bond acceptors (Lipinski definition) is 3. The van der Waals surface area contributed by atoms with E-state index >= 15 is 0 Å². The molecule has 6 nitrogen and oxygen atoms in total. The molecular weight excluding hydrogens is 342 g/mol. The molecule has 0 aliphatic heterocycles. The highest BCUT2D eigenvalue weighted by atomic mass is 16.5. The van der Waals surface area contributed by atoms with E-state index in [4.69, 9.17) is 4.74 Å². The Bertz CT molecular complexity index is 929. The Kier molecular flexibility index (Phi) is 5.76. The molecule has 140 valence electrons. The summed E-state index contributed by atoms with van der Waals surface area (Å²) in [6.07, 6.45) is 2.65. The summed E-state index contributed by atoms with van der Waals surface area (Å²) in [6.45, 7) is 4.27. The highest BCUT2D eigenvalue weighted by molar-refractivity contribution is 6.39. The smallest absolute Gasteiger partial charge is 0.313 e. The van der Waals surface area contributed by atoms with Crippen molar-refractivity contribution in [1.82, 2.24) is 10.3 Å². The summed E-state index contributed by atoms with van der Waals surface area (Å²) in [5, 5.41) is 6.36. The van der Waals surface area contributed by atoms with Crippen molar-refractivity contribution in [1.29, 1.82) is 0 Å². The van der Waals surface area contributed by atoms with Crippen LogP contribution in [-0.4, -0.2) is 29.4 Å². The molecule has 3 N–H and O–H groups in total. The molecule has 0 saturated heterocycles. The van der Waals surface area contributed by atoms with Crippen LogP contribution in [0.2, 0.25) is 0 Å². The standard InChI is InChI=1S/C21H23N3O3/c1-14(2)27-17-9-7-16(8-10-17)24-21(26)20(25)22-12-11-15-13-23-19-6-4-3-5-18(15)19/h3-10,13-14,23H,11-12H2,1-2H3,(H,22,25)(H,24,26). The number of fused-ring (bicyclic) bond motifs is 1. The second-order valence-electron chi connectivity index (χ2n) is 6.51. The van der Waals surface area contributed by atoms with Crippen LogP contribution in [0.4, 0.5) is 5.69 Å². The molecule has 1 heterocycles. The van der Waals surface area contributed by atoms with Crippen molar-refractivity contribution in [3.63, 3.8) is 0 Å². The Hall–Kier alpha value is -3.28. The van der Waals surface area contributed by atoms with E-state index < -0.39 is 11.8 Å². The van der Waals surface area contributed by atoms with Crippen LogP contribution in [0.5, 0.6) is 5.75 Å². The number of anilines is 1. The highest BCUT2D eigenvalue weighted by Gasteiger charge is 2.13. The second-order valence-corrected chi connectivity index (χ2v) is 6.51. The molecule has 0 radical (unpaired) electrons. The number of benzene rings is 2. The lowest BCUT2D eigenvalue weighted by Crippen LogP contribution is -2.36. The molecule has 2 aromatic carbocycles. The summed E-state index contributed by atoms with van der Waals surface area (Å²) < 4.78 is 5.55. The molecule has 1 aromatic heterocycles. The molecule has 0 bridgehead atoms. The monoisotopic (exact) mass is 365 g/mol. The van der Waals surface area contributed by atoms with Gasteiger partial charge in [0.25, 0.3) is 0 Å². The maximum Gasteiger partial charge on any atom is 0.313 e. The van der Waals surface area contributed by atoms with Crippen LogP contribution in [-0.2, 0) is 16.0 Å². The van der Waals surface area contributed by atoms with Crippen LogP contribution in [0.15, 0.2) is 54.7 Å². The van der Waals surface area contributed by atoms with Crippen molar-refractivity contribution in [2.24, 2.45) is 0 Å². The van der Waals surface area contributed by atoms with E-state index in [0.717, 1.165) is 16.5 Å². The first-order valence-corrected chi connectivity index (χ1v) is 8.94. The minimum atomic E-state index is -0.688. The highest BCUT2D eigenvalue weighted by Crippen LogP contribution is 2.18. The zero-order valence-corrected chi connectivity index (χ0v) is 15.4. The fourth-order valence-corrected chi connectivity index (χ4v) is 2.81. The number of nitrogens with one attached hydrogen (secondary N) is 3. The number of carbonyl (C=O) groups is 2. The third-order valence-electron chi connectivity index (χ3n) is 4.05. The third-order valence-corrected chi connectivity index (χ3v) is 4.05. The normalized spacial score (nSPS) is 10.8. The molecule has 0 atom stereocenters. The lowest BCUT2D eigenvalue weighted by atomic mass is 10.1. The van der Waals surface area contributed by atoms with Gasteiger partial charge in [0, 0.05) is 29.3 Å². The summed E-state index contributed by atoms with van der Waals surface area (Å²) in [6, 6.07) is 14.9. The van der Waals surface area contributed by atoms with Crippen LogP contribution in [0, 0.1) is 0 Å². The lowest BCUT2D eigenvalue weighted by molar-refractivity contribution is -0.136. The fraction of sp³-hybridized carbons (Fsp3) is 0.238. The Balaban J connectivity index is 1.48. The number of hydrogen-bond donors (Lipinski definition) is 3. The average Bonchev–Trinajstić information content (AvgIpc) is 3.06. The van der Waals surface area contributed by atoms with E-state index in [2.05, 4.69) is 15.6 Å².